The molecule has 1 aromatic carbocycles. The number of aryl methyl sites for hydroxylation is 1. The number of nitrogens with zero attached hydrogens (tertiary/aromatic N) is 3. The van der Waals surface area contributed by atoms with Crippen molar-refractivity contribution >= 4 is 28.9 Å². The molecule has 2 amide bonds. The molecule has 1 aliphatic carbocycles. The number of carbonyl (C=O) groups excluding carboxylic acids is 2. The highest BCUT2D eigenvalue weighted by molar-refractivity contribution is 6.21. The second-order valence-electron chi connectivity index (χ2n) is 7.17. The normalized spacial score (nSPS) is 15.1. The van der Waals surface area contributed by atoms with Gasteiger partial charge in [0.1, 0.15) is 5.82 Å². The SMILES string of the molecule is Nc1cc2c3n1C(c1ccccc1)=CN(NC(=O)c1ccncc1)C(=O)C3=CCC2. The lowest BCUT2D eigenvalue weighted by molar-refractivity contribution is -0.124. The van der Waals surface area contributed by atoms with Crippen molar-refractivity contribution in [3.05, 3.63) is 95.6 Å². The van der Waals surface area contributed by atoms with Crippen LogP contribution >= 0.6 is 0 Å². The molecule has 0 spiro atoms. The van der Waals surface area contributed by atoms with Gasteiger partial charge >= 0.3 is 0 Å². The van der Waals surface area contributed by atoms with E-state index in [2.05, 4.69) is 10.4 Å². The number of nitrogens with two attached hydrogens (primary N) is 1. The van der Waals surface area contributed by atoms with Crippen LogP contribution in [-0.2, 0) is 11.2 Å². The fourth-order valence-corrected chi connectivity index (χ4v) is 3.93. The molecule has 3 N–H and O–H groups in total. The highest BCUT2D eigenvalue weighted by atomic mass is 16.2. The predicted octanol–water partition coefficient (Wildman–Crippen LogP) is 2.83. The summed E-state index contributed by atoms with van der Waals surface area (Å²) in [4.78, 5) is 30.1. The minimum atomic E-state index is -0.398. The van der Waals surface area contributed by atoms with Gasteiger partial charge < -0.3 is 5.73 Å². The largest absolute Gasteiger partial charge is 0.385 e. The van der Waals surface area contributed by atoms with Crippen molar-refractivity contribution in [2.24, 2.45) is 0 Å². The highest BCUT2D eigenvalue weighted by Gasteiger charge is 2.33. The number of pyridine rings is 1. The zero-order chi connectivity index (χ0) is 20.7. The molecule has 0 saturated heterocycles. The van der Waals surface area contributed by atoms with Crippen LogP contribution in [0.15, 0.2) is 73.2 Å². The molecular weight excluding hydrogens is 378 g/mol. The van der Waals surface area contributed by atoms with E-state index in [0.29, 0.717) is 22.7 Å². The molecule has 148 valence electrons. The van der Waals surface area contributed by atoms with E-state index in [-0.39, 0.29) is 5.91 Å². The molecule has 5 rings (SSSR count). The maximum atomic E-state index is 13.4. The van der Waals surface area contributed by atoms with E-state index < -0.39 is 5.91 Å². The van der Waals surface area contributed by atoms with Gasteiger partial charge in [-0.25, -0.2) is 5.01 Å². The monoisotopic (exact) mass is 397 g/mol. The third-order valence-corrected chi connectivity index (χ3v) is 5.30. The topological polar surface area (TPSA) is 93.2 Å². The Labute approximate surface area is 173 Å². The Morgan fingerprint density at radius 3 is 2.63 bits per heavy atom. The zero-order valence-corrected chi connectivity index (χ0v) is 16.1. The van der Waals surface area contributed by atoms with Crippen LogP contribution in [0, 0.1) is 0 Å². The van der Waals surface area contributed by atoms with Crippen LogP contribution in [0.25, 0.3) is 11.3 Å². The number of hydrogen-bond donors (Lipinski definition) is 2. The van der Waals surface area contributed by atoms with E-state index >= 15 is 0 Å². The van der Waals surface area contributed by atoms with Crippen molar-refractivity contribution in [1.82, 2.24) is 20.0 Å². The number of amides is 2. The van der Waals surface area contributed by atoms with E-state index in [1.807, 2.05) is 47.0 Å². The maximum Gasteiger partial charge on any atom is 0.278 e. The summed E-state index contributed by atoms with van der Waals surface area (Å²) in [6, 6.07) is 14.8. The van der Waals surface area contributed by atoms with E-state index in [4.69, 9.17) is 5.73 Å². The van der Waals surface area contributed by atoms with Crippen LogP contribution in [0.5, 0.6) is 0 Å². The molecule has 3 heterocycles. The quantitative estimate of drug-likeness (QED) is 0.711. The van der Waals surface area contributed by atoms with Crippen molar-refractivity contribution in [2.75, 3.05) is 5.73 Å². The first-order valence-electron chi connectivity index (χ1n) is 9.66. The van der Waals surface area contributed by atoms with E-state index in [1.165, 1.54) is 17.4 Å². The van der Waals surface area contributed by atoms with Gasteiger partial charge in [-0.3, -0.25) is 24.6 Å². The van der Waals surface area contributed by atoms with E-state index in [0.717, 1.165) is 29.7 Å². The number of anilines is 1. The summed E-state index contributed by atoms with van der Waals surface area (Å²) in [6.07, 6.45) is 8.17. The molecule has 2 aliphatic rings. The van der Waals surface area contributed by atoms with Crippen LogP contribution in [-0.4, -0.2) is 26.4 Å². The van der Waals surface area contributed by atoms with Gasteiger partial charge in [0.25, 0.3) is 11.8 Å². The van der Waals surface area contributed by atoms with Gasteiger partial charge in [0.15, 0.2) is 0 Å². The number of allylic oxidation sites excluding steroid dienone is 1. The fraction of sp³-hybridized carbons (Fsp3) is 0.0870. The number of hydrogen-bond acceptors (Lipinski definition) is 4. The third-order valence-electron chi connectivity index (χ3n) is 5.30. The van der Waals surface area contributed by atoms with Gasteiger partial charge in [-0.15, -0.1) is 0 Å². The molecule has 0 saturated carbocycles. The van der Waals surface area contributed by atoms with Gasteiger partial charge in [0.2, 0.25) is 0 Å². The van der Waals surface area contributed by atoms with Crippen molar-refractivity contribution in [3.8, 4) is 0 Å². The molecule has 7 heteroatoms. The zero-order valence-electron chi connectivity index (χ0n) is 16.1. The molecule has 0 bridgehead atoms. The molecular formula is C23H19N5O2. The summed E-state index contributed by atoms with van der Waals surface area (Å²) in [5.74, 6) is -0.146. The number of aromatic nitrogens is 2. The average molecular weight is 397 g/mol. The Hall–Kier alpha value is -4.13. The molecule has 0 atom stereocenters. The molecule has 30 heavy (non-hydrogen) atoms. The molecule has 0 fully saturated rings. The first-order valence-corrected chi connectivity index (χ1v) is 9.66. The van der Waals surface area contributed by atoms with Gasteiger partial charge in [-0.1, -0.05) is 36.4 Å². The van der Waals surface area contributed by atoms with Crippen LogP contribution in [0.1, 0.15) is 33.6 Å². The van der Waals surface area contributed by atoms with Gasteiger partial charge in [-0.2, -0.15) is 0 Å². The number of nitrogens with one attached hydrogen (secondary N) is 1. The Morgan fingerprint density at radius 1 is 1.10 bits per heavy atom. The second-order valence-corrected chi connectivity index (χ2v) is 7.17. The smallest absolute Gasteiger partial charge is 0.278 e. The summed E-state index contributed by atoms with van der Waals surface area (Å²) < 4.78 is 1.89. The van der Waals surface area contributed by atoms with Crippen LogP contribution in [0.4, 0.5) is 5.82 Å². The van der Waals surface area contributed by atoms with Crippen molar-refractivity contribution in [1.29, 1.82) is 0 Å². The first-order chi connectivity index (χ1) is 14.6. The van der Waals surface area contributed by atoms with E-state index in [9.17, 15) is 9.59 Å². The average Bonchev–Trinajstić information content (AvgIpc) is 3.06. The molecule has 7 nitrogen and oxygen atoms in total. The fourth-order valence-electron chi connectivity index (χ4n) is 3.93. The maximum absolute atomic E-state index is 13.4. The standard InChI is InChI=1S/C23H19N5O2/c24-20-13-17-7-4-8-18-21(17)28(20)19(15-5-2-1-3-6-15)14-27(23(18)30)26-22(29)16-9-11-25-12-10-16/h1-3,5-6,8-14H,4,7,24H2,(H,26,29). The minimum absolute atomic E-state index is 0.302. The van der Waals surface area contributed by atoms with Gasteiger partial charge in [-0.05, 0) is 36.6 Å². The van der Waals surface area contributed by atoms with Gasteiger partial charge in [0.05, 0.1) is 23.2 Å². The van der Waals surface area contributed by atoms with Crippen LogP contribution < -0.4 is 11.2 Å². The minimum Gasteiger partial charge on any atom is -0.385 e. The molecule has 2 aromatic heterocycles. The predicted molar refractivity (Wildman–Crippen MR) is 114 cm³/mol. The van der Waals surface area contributed by atoms with Crippen molar-refractivity contribution < 1.29 is 9.59 Å². The number of rotatable bonds is 3. The first kappa shape index (κ1) is 17.9. The Balaban J connectivity index is 1.66. The lowest BCUT2D eigenvalue weighted by Crippen LogP contribution is -2.42. The second kappa shape index (κ2) is 7.04. The summed E-state index contributed by atoms with van der Waals surface area (Å²) in [7, 11) is 0. The van der Waals surface area contributed by atoms with Crippen LogP contribution in [0.3, 0.4) is 0 Å². The molecule has 3 aromatic rings. The number of hydrazine groups is 1. The lowest BCUT2D eigenvalue weighted by Gasteiger charge is -2.20. The third kappa shape index (κ3) is 2.88. The highest BCUT2D eigenvalue weighted by Crippen LogP contribution is 2.38. The van der Waals surface area contributed by atoms with Gasteiger partial charge in [0, 0.05) is 23.5 Å². The summed E-state index contributed by atoms with van der Waals surface area (Å²) in [5.41, 5.74) is 13.5. The molecule has 0 unspecified atom stereocenters. The molecule has 0 radical (unpaired) electrons. The number of carbonyl (C=O) groups is 2. The Morgan fingerprint density at radius 2 is 1.87 bits per heavy atom. The lowest BCUT2D eigenvalue weighted by atomic mass is 9.96. The molecule has 1 aliphatic heterocycles. The Bertz CT molecular complexity index is 1210. The van der Waals surface area contributed by atoms with Crippen molar-refractivity contribution in [3.63, 3.8) is 0 Å². The summed E-state index contributed by atoms with van der Waals surface area (Å²) in [6.45, 7) is 0. The summed E-state index contributed by atoms with van der Waals surface area (Å²) >= 11 is 0. The number of nitrogen functional groups attached to an aromatic ring is 1. The van der Waals surface area contributed by atoms with E-state index in [1.54, 1.807) is 18.3 Å². The summed E-state index contributed by atoms with van der Waals surface area (Å²) in [5, 5.41) is 1.25. The van der Waals surface area contributed by atoms with Crippen LogP contribution in [0.2, 0.25) is 0 Å². The Kier molecular flexibility index (Phi) is 4.21. The number of benzene rings is 1. The van der Waals surface area contributed by atoms with Crippen molar-refractivity contribution in [2.45, 2.75) is 12.8 Å².